The molecule has 3 N–H and O–H groups in total. The first kappa shape index (κ1) is 20.5. The highest BCUT2D eigenvalue weighted by molar-refractivity contribution is 7.15. The monoisotopic (exact) mass is 425 g/mol. The van der Waals surface area contributed by atoms with Crippen molar-refractivity contribution in [2.75, 3.05) is 10.6 Å². The molecule has 11 nitrogen and oxygen atoms in total. The fourth-order valence-corrected chi connectivity index (χ4v) is 2.96. The van der Waals surface area contributed by atoms with Crippen molar-refractivity contribution in [2.45, 2.75) is 6.42 Å². The molecule has 30 heavy (non-hydrogen) atoms. The Balaban J connectivity index is 1.48. The fourth-order valence-electron chi connectivity index (χ4n) is 2.23. The quantitative estimate of drug-likeness (QED) is 0.301. The van der Waals surface area contributed by atoms with E-state index in [0.717, 1.165) is 11.3 Å². The number of hydrazone groups is 1. The summed E-state index contributed by atoms with van der Waals surface area (Å²) in [6, 6.07) is 14.2. The number of nitrogens with zero attached hydrogens (tertiary/aromatic N) is 4. The van der Waals surface area contributed by atoms with Gasteiger partial charge in [-0.3, -0.25) is 20.2 Å². The molecule has 2 aromatic carbocycles. The molecule has 0 fully saturated rings. The average molecular weight is 425 g/mol. The van der Waals surface area contributed by atoms with Crippen LogP contribution in [0.25, 0.3) is 0 Å². The highest BCUT2D eigenvalue weighted by Gasteiger charge is 2.11. The number of hydrogen-bond donors (Lipinski definition) is 3. The van der Waals surface area contributed by atoms with Gasteiger partial charge >= 0.3 is 6.03 Å². The zero-order valence-corrected chi connectivity index (χ0v) is 16.1. The Morgan fingerprint density at radius 3 is 2.67 bits per heavy atom. The second-order valence-electron chi connectivity index (χ2n) is 5.77. The summed E-state index contributed by atoms with van der Waals surface area (Å²) in [6.07, 6.45) is 1.21. The summed E-state index contributed by atoms with van der Waals surface area (Å²) >= 11 is 1.05. The first-order valence-corrected chi connectivity index (χ1v) is 9.33. The molecule has 1 heterocycles. The van der Waals surface area contributed by atoms with Gasteiger partial charge < -0.3 is 5.32 Å². The molecule has 12 heteroatoms. The molecule has 0 saturated heterocycles. The number of carbonyl (C=O) groups excluding carboxylic acids is 2. The standard InChI is InChI=1S/C18H15N7O4S/c26-15(22-19-11-12-5-4-8-14(9-12)25(28)29)10-16-23-24-18(30-16)21-17(27)20-13-6-2-1-3-7-13/h1-9,11H,10H2,(H,22,26)(H2,20,21,24,27). The largest absolute Gasteiger partial charge is 0.325 e. The number of urea groups is 1. The Bertz CT molecular complexity index is 1080. The maximum Gasteiger partial charge on any atom is 0.325 e. The van der Waals surface area contributed by atoms with Crippen molar-refractivity contribution in [3.63, 3.8) is 0 Å². The van der Waals surface area contributed by atoms with Gasteiger partial charge in [0.05, 0.1) is 17.6 Å². The molecule has 0 unspecified atom stereocenters. The number of anilines is 2. The van der Waals surface area contributed by atoms with E-state index in [0.29, 0.717) is 16.3 Å². The van der Waals surface area contributed by atoms with Crippen molar-refractivity contribution in [2.24, 2.45) is 5.10 Å². The molecule has 0 saturated carbocycles. The number of carbonyl (C=O) groups is 2. The molecule has 1 aromatic heterocycles. The summed E-state index contributed by atoms with van der Waals surface area (Å²) in [5, 5.41) is 28.0. The second kappa shape index (κ2) is 9.84. The number of benzene rings is 2. The molecule has 0 spiro atoms. The first-order chi connectivity index (χ1) is 14.5. The summed E-state index contributed by atoms with van der Waals surface area (Å²) < 4.78 is 0. The van der Waals surface area contributed by atoms with Crippen LogP contribution in [0.15, 0.2) is 59.7 Å². The minimum Gasteiger partial charge on any atom is -0.308 e. The minimum atomic E-state index is -0.517. The van der Waals surface area contributed by atoms with Crippen molar-refractivity contribution in [3.05, 3.63) is 75.3 Å². The maximum absolute atomic E-state index is 12.0. The third-order valence-corrected chi connectivity index (χ3v) is 4.35. The van der Waals surface area contributed by atoms with Crippen molar-refractivity contribution < 1.29 is 14.5 Å². The topological polar surface area (TPSA) is 152 Å². The summed E-state index contributed by atoms with van der Waals surface area (Å²) in [5.41, 5.74) is 3.33. The van der Waals surface area contributed by atoms with Crippen LogP contribution >= 0.6 is 11.3 Å². The van der Waals surface area contributed by atoms with E-state index in [1.807, 2.05) is 6.07 Å². The van der Waals surface area contributed by atoms with Gasteiger partial charge in [-0.05, 0) is 12.1 Å². The lowest BCUT2D eigenvalue weighted by Crippen LogP contribution is -2.19. The molecule has 0 atom stereocenters. The molecular formula is C18H15N7O4S. The van der Waals surface area contributed by atoms with Gasteiger partial charge in [0, 0.05) is 23.4 Å². The number of nitro groups is 1. The predicted octanol–water partition coefficient (Wildman–Crippen LogP) is 2.78. The normalized spacial score (nSPS) is 10.5. The summed E-state index contributed by atoms with van der Waals surface area (Å²) in [4.78, 5) is 34.1. The minimum absolute atomic E-state index is 0.0736. The zero-order chi connectivity index (χ0) is 21.3. The lowest BCUT2D eigenvalue weighted by molar-refractivity contribution is -0.384. The molecule has 0 aliphatic rings. The van der Waals surface area contributed by atoms with Crippen LogP contribution < -0.4 is 16.1 Å². The van der Waals surface area contributed by atoms with Crippen LogP contribution in [0.4, 0.5) is 21.3 Å². The van der Waals surface area contributed by atoms with E-state index in [4.69, 9.17) is 0 Å². The Morgan fingerprint density at radius 2 is 1.90 bits per heavy atom. The van der Waals surface area contributed by atoms with E-state index in [1.165, 1.54) is 24.4 Å². The van der Waals surface area contributed by atoms with Crippen LogP contribution in [-0.4, -0.2) is 33.3 Å². The van der Waals surface area contributed by atoms with Gasteiger partial charge in [0.25, 0.3) is 5.69 Å². The number of hydrogen-bond acceptors (Lipinski definition) is 8. The number of rotatable bonds is 7. The molecule has 0 aliphatic carbocycles. The van der Waals surface area contributed by atoms with Crippen LogP contribution in [0.3, 0.4) is 0 Å². The van der Waals surface area contributed by atoms with E-state index >= 15 is 0 Å². The average Bonchev–Trinajstić information content (AvgIpc) is 3.15. The molecular weight excluding hydrogens is 410 g/mol. The van der Waals surface area contributed by atoms with Crippen molar-refractivity contribution >= 4 is 46.0 Å². The Labute approximate surface area is 174 Å². The third-order valence-electron chi connectivity index (χ3n) is 3.51. The Hall–Kier alpha value is -4.19. The van der Waals surface area contributed by atoms with Gasteiger partial charge in [0.2, 0.25) is 11.0 Å². The number of aromatic nitrogens is 2. The second-order valence-corrected chi connectivity index (χ2v) is 6.83. The van der Waals surface area contributed by atoms with Crippen molar-refractivity contribution in [3.8, 4) is 0 Å². The molecule has 3 rings (SSSR count). The zero-order valence-electron chi connectivity index (χ0n) is 15.3. The van der Waals surface area contributed by atoms with Crippen LogP contribution in [-0.2, 0) is 11.2 Å². The highest BCUT2D eigenvalue weighted by atomic mass is 32.1. The molecule has 152 valence electrons. The SMILES string of the molecule is O=C(Cc1nnc(NC(=O)Nc2ccccc2)s1)NN=Cc1cccc([N+](=O)[O-])c1. The highest BCUT2D eigenvalue weighted by Crippen LogP contribution is 2.16. The number of para-hydroxylation sites is 1. The number of non-ortho nitro benzene ring substituents is 1. The van der Waals surface area contributed by atoms with Gasteiger partial charge in [-0.2, -0.15) is 5.10 Å². The summed E-state index contributed by atoms with van der Waals surface area (Å²) in [6.45, 7) is 0. The molecule has 3 amide bonds. The van der Waals surface area contributed by atoms with Gasteiger partial charge in [0.15, 0.2) is 0 Å². The summed E-state index contributed by atoms with van der Waals surface area (Å²) in [5.74, 6) is -0.451. The third kappa shape index (κ3) is 6.17. The number of nitrogens with one attached hydrogen (secondary N) is 3. The lowest BCUT2D eigenvalue weighted by atomic mass is 10.2. The lowest BCUT2D eigenvalue weighted by Gasteiger charge is -2.03. The van der Waals surface area contributed by atoms with E-state index in [1.54, 1.807) is 30.3 Å². The van der Waals surface area contributed by atoms with E-state index < -0.39 is 16.9 Å². The predicted molar refractivity (Wildman–Crippen MR) is 112 cm³/mol. The number of amides is 3. The summed E-state index contributed by atoms with van der Waals surface area (Å²) in [7, 11) is 0. The van der Waals surface area contributed by atoms with Crippen LogP contribution in [0.1, 0.15) is 10.6 Å². The van der Waals surface area contributed by atoms with Crippen molar-refractivity contribution in [1.82, 2.24) is 15.6 Å². The molecule has 0 radical (unpaired) electrons. The smallest absolute Gasteiger partial charge is 0.308 e. The van der Waals surface area contributed by atoms with Crippen molar-refractivity contribution in [1.29, 1.82) is 0 Å². The van der Waals surface area contributed by atoms with Crippen LogP contribution in [0.5, 0.6) is 0 Å². The maximum atomic E-state index is 12.0. The van der Waals surface area contributed by atoms with E-state index in [2.05, 4.69) is 31.4 Å². The van der Waals surface area contributed by atoms with E-state index in [9.17, 15) is 19.7 Å². The molecule has 0 bridgehead atoms. The molecule has 3 aromatic rings. The molecule has 0 aliphatic heterocycles. The first-order valence-electron chi connectivity index (χ1n) is 8.51. The van der Waals surface area contributed by atoms with Gasteiger partial charge in [-0.25, -0.2) is 10.2 Å². The van der Waals surface area contributed by atoms with E-state index in [-0.39, 0.29) is 17.2 Å². The number of nitro benzene ring substituents is 1. The van der Waals surface area contributed by atoms with Gasteiger partial charge in [0.1, 0.15) is 5.01 Å². The van der Waals surface area contributed by atoms with Gasteiger partial charge in [-0.1, -0.05) is 41.7 Å². The van der Waals surface area contributed by atoms with Crippen LogP contribution in [0, 0.1) is 10.1 Å². The van der Waals surface area contributed by atoms with Gasteiger partial charge in [-0.15, -0.1) is 10.2 Å². The van der Waals surface area contributed by atoms with Crippen LogP contribution in [0.2, 0.25) is 0 Å². The Morgan fingerprint density at radius 1 is 1.10 bits per heavy atom. The Kier molecular flexibility index (Phi) is 6.74. The fraction of sp³-hybridized carbons (Fsp3) is 0.0556.